The number of rotatable bonds is 3. The summed E-state index contributed by atoms with van der Waals surface area (Å²) in [6.45, 7) is 0. The number of aromatic nitrogens is 2. The highest BCUT2D eigenvalue weighted by molar-refractivity contribution is 6.03. The third kappa shape index (κ3) is 3.05. The van der Waals surface area contributed by atoms with Gasteiger partial charge in [-0.05, 0) is 0 Å². The summed E-state index contributed by atoms with van der Waals surface area (Å²) in [4.78, 5) is 28.6. The number of benzene rings is 1. The molecule has 21 heavy (non-hydrogen) atoms. The van der Waals surface area contributed by atoms with Gasteiger partial charge in [-0.3, -0.25) is 19.9 Å². The molecule has 8 nitrogen and oxygen atoms in total. The minimum Gasteiger partial charge on any atom is -0.382 e. The van der Waals surface area contributed by atoms with E-state index in [1.54, 1.807) is 0 Å². The summed E-state index contributed by atoms with van der Waals surface area (Å²) in [7, 11) is 0. The molecule has 0 saturated carbocycles. The van der Waals surface area contributed by atoms with Gasteiger partial charge in [-0.25, -0.2) is 9.37 Å². The highest BCUT2D eigenvalue weighted by atomic mass is 19.1. The van der Waals surface area contributed by atoms with Gasteiger partial charge in [-0.2, -0.15) is 4.39 Å². The maximum atomic E-state index is 13.5. The summed E-state index contributed by atoms with van der Waals surface area (Å²) in [5.74, 6) is -3.44. The van der Waals surface area contributed by atoms with E-state index in [1.165, 1.54) is 6.20 Å². The normalized spacial score (nSPS) is 10.2. The number of nitrogens with one attached hydrogen (secondary N) is 1. The fraction of sp³-hybridized carbons (Fsp3) is 0. The number of carbonyl (C=O) groups is 1. The molecule has 2 aromatic rings. The Morgan fingerprint density at radius 1 is 1.29 bits per heavy atom. The summed E-state index contributed by atoms with van der Waals surface area (Å²) in [5.41, 5.74) is 3.59. The van der Waals surface area contributed by atoms with Gasteiger partial charge in [-0.1, -0.05) is 0 Å². The van der Waals surface area contributed by atoms with E-state index in [2.05, 4.69) is 9.97 Å². The number of nitrogens with two attached hydrogens (primary N) is 1. The first-order valence-corrected chi connectivity index (χ1v) is 5.41. The second-order valence-electron chi connectivity index (χ2n) is 3.82. The predicted octanol–water partition coefficient (Wildman–Crippen LogP) is 1.50. The lowest BCUT2D eigenvalue weighted by Crippen LogP contribution is -2.16. The smallest absolute Gasteiger partial charge is 0.307 e. The molecule has 1 aromatic heterocycles. The molecule has 3 N–H and O–H groups in total. The molecule has 0 bridgehead atoms. The van der Waals surface area contributed by atoms with Crippen LogP contribution in [-0.4, -0.2) is 20.8 Å². The number of carbonyl (C=O) groups excluding carboxylic acids is 1. The Bertz CT molecular complexity index is 738. The Morgan fingerprint density at radius 2 is 2.00 bits per heavy atom. The first-order chi connectivity index (χ1) is 9.88. The summed E-state index contributed by atoms with van der Waals surface area (Å²) in [6.07, 6.45) is 2.27. The Kier molecular flexibility index (Phi) is 3.69. The first kappa shape index (κ1) is 14.2. The number of nitro groups is 1. The van der Waals surface area contributed by atoms with Crippen molar-refractivity contribution in [2.75, 3.05) is 11.1 Å². The average molecular weight is 295 g/mol. The zero-order valence-corrected chi connectivity index (χ0v) is 10.2. The largest absolute Gasteiger partial charge is 0.382 e. The van der Waals surface area contributed by atoms with Crippen LogP contribution in [0.15, 0.2) is 24.5 Å². The van der Waals surface area contributed by atoms with Crippen LogP contribution < -0.4 is 11.1 Å². The fourth-order valence-electron chi connectivity index (χ4n) is 1.45. The lowest BCUT2D eigenvalue weighted by molar-refractivity contribution is -0.387. The maximum absolute atomic E-state index is 13.5. The van der Waals surface area contributed by atoms with E-state index in [-0.39, 0.29) is 11.5 Å². The molecule has 108 valence electrons. The molecule has 0 fully saturated rings. The van der Waals surface area contributed by atoms with E-state index in [0.29, 0.717) is 12.1 Å². The van der Waals surface area contributed by atoms with Gasteiger partial charge in [0.1, 0.15) is 17.3 Å². The Hall–Kier alpha value is -3.17. The monoisotopic (exact) mass is 295 g/mol. The van der Waals surface area contributed by atoms with Crippen LogP contribution in [0.2, 0.25) is 0 Å². The summed E-state index contributed by atoms with van der Waals surface area (Å²) < 4.78 is 26.7. The van der Waals surface area contributed by atoms with E-state index in [4.69, 9.17) is 5.73 Å². The Morgan fingerprint density at radius 3 is 2.62 bits per heavy atom. The van der Waals surface area contributed by atoms with Crippen molar-refractivity contribution in [3.63, 3.8) is 0 Å². The molecule has 0 aliphatic carbocycles. The minimum absolute atomic E-state index is 0.0341. The number of hydrogen-bond acceptors (Lipinski definition) is 6. The number of nitrogens with zero attached hydrogens (tertiary/aromatic N) is 3. The Balaban J connectivity index is 2.33. The van der Waals surface area contributed by atoms with Crippen LogP contribution in [0, 0.1) is 21.7 Å². The number of anilines is 2. The molecule has 0 aliphatic heterocycles. The molecule has 1 aromatic carbocycles. The zero-order valence-electron chi connectivity index (χ0n) is 10.2. The van der Waals surface area contributed by atoms with Gasteiger partial charge in [0, 0.05) is 12.1 Å². The lowest BCUT2D eigenvalue weighted by Gasteiger charge is -2.06. The predicted molar refractivity (Wildman–Crippen MR) is 67.4 cm³/mol. The second-order valence-corrected chi connectivity index (χ2v) is 3.82. The standard InChI is InChI=1S/C11H7F2N5O3/c12-5-1-6(13)9(18(20)21)2-7(5)17-11(19)8-3-15-4-10(14)16-8/h1-4H,(H2,14,16)(H,17,19). The van der Waals surface area contributed by atoms with Crippen LogP contribution >= 0.6 is 0 Å². The van der Waals surface area contributed by atoms with Crippen molar-refractivity contribution in [3.05, 3.63) is 52.0 Å². The van der Waals surface area contributed by atoms with Crippen molar-refractivity contribution in [1.29, 1.82) is 0 Å². The molecule has 0 aliphatic rings. The number of amides is 1. The quantitative estimate of drug-likeness (QED) is 0.653. The van der Waals surface area contributed by atoms with E-state index >= 15 is 0 Å². The molecule has 0 unspecified atom stereocenters. The average Bonchev–Trinajstić information content (AvgIpc) is 2.41. The van der Waals surface area contributed by atoms with Crippen molar-refractivity contribution in [3.8, 4) is 0 Å². The van der Waals surface area contributed by atoms with Crippen molar-refractivity contribution in [1.82, 2.24) is 9.97 Å². The Labute approximate surface area is 115 Å². The lowest BCUT2D eigenvalue weighted by atomic mass is 10.2. The molecule has 0 atom stereocenters. The van der Waals surface area contributed by atoms with Crippen molar-refractivity contribution in [2.45, 2.75) is 0 Å². The van der Waals surface area contributed by atoms with Crippen LogP contribution in [0.25, 0.3) is 0 Å². The number of nitrogen functional groups attached to an aromatic ring is 1. The van der Waals surface area contributed by atoms with Crippen LogP contribution in [0.3, 0.4) is 0 Å². The fourth-order valence-corrected chi connectivity index (χ4v) is 1.45. The van der Waals surface area contributed by atoms with Gasteiger partial charge in [0.15, 0.2) is 0 Å². The highest BCUT2D eigenvalue weighted by Gasteiger charge is 2.20. The van der Waals surface area contributed by atoms with Gasteiger partial charge in [0.25, 0.3) is 5.91 Å². The van der Waals surface area contributed by atoms with E-state index < -0.39 is 33.8 Å². The molecule has 0 saturated heterocycles. The first-order valence-electron chi connectivity index (χ1n) is 5.41. The van der Waals surface area contributed by atoms with Crippen LogP contribution in [0.5, 0.6) is 0 Å². The van der Waals surface area contributed by atoms with Crippen LogP contribution in [-0.2, 0) is 0 Å². The molecule has 0 radical (unpaired) electrons. The number of halogens is 2. The molecule has 1 heterocycles. The van der Waals surface area contributed by atoms with Crippen molar-refractivity contribution in [2.24, 2.45) is 0 Å². The van der Waals surface area contributed by atoms with Crippen molar-refractivity contribution < 1.29 is 18.5 Å². The van der Waals surface area contributed by atoms with E-state index in [1.807, 2.05) is 5.32 Å². The highest BCUT2D eigenvalue weighted by Crippen LogP contribution is 2.25. The van der Waals surface area contributed by atoms with Gasteiger partial charge in [0.2, 0.25) is 5.82 Å². The van der Waals surface area contributed by atoms with Crippen molar-refractivity contribution >= 4 is 23.1 Å². The zero-order chi connectivity index (χ0) is 15.6. The number of hydrogen-bond donors (Lipinski definition) is 2. The molecule has 10 heteroatoms. The SMILES string of the molecule is Nc1cncc(C(=O)Nc2cc([N+](=O)[O-])c(F)cc2F)n1. The van der Waals surface area contributed by atoms with E-state index in [0.717, 1.165) is 6.20 Å². The molecule has 0 spiro atoms. The summed E-state index contributed by atoms with van der Waals surface area (Å²) in [6, 6.07) is 0.876. The second kappa shape index (κ2) is 5.45. The topological polar surface area (TPSA) is 124 Å². The van der Waals surface area contributed by atoms with Crippen LogP contribution in [0.4, 0.5) is 26.0 Å². The van der Waals surface area contributed by atoms with Gasteiger partial charge in [0.05, 0.1) is 23.0 Å². The molecular formula is C11H7F2N5O3. The molecular weight excluding hydrogens is 288 g/mol. The molecule has 1 amide bonds. The van der Waals surface area contributed by atoms with Crippen LogP contribution in [0.1, 0.15) is 10.5 Å². The van der Waals surface area contributed by atoms with E-state index in [9.17, 15) is 23.7 Å². The molecule has 2 rings (SSSR count). The van der Waals surface area contributed by atoms with Gasteiger partial charge in [-0.15, -0.1) is 0 Å². The minimum atomic E-state index is -1.35. The van der Waals surface area contributed by atoms with Gasteiger partial charge < -0.3 is 11.1 Å². The summed E-state index contributed by atoms with van der Waals surface area (Å²) >= 11 is 0. The third-order valence-electron chi connectivity index (χ3n) is 2.37. The maximum Gasteiger partial charge on any atom is 0.307 e. The number of nitro benzene ring substituents is 1. The van der Waals surface area contributed by atoms with Gasteiger partial charge >= 0.3 is 5.69 Å². The summed E-state index contributed by atoms with van der Waals surface area (Å²) in [5, 5.41) is 12.6. The third-order valence-corrected chi connectivity index (χ3v) is 2.37.